The van der Waals surface area contributed by atoms with E-state index in [9.17, 15) is 9.59 Å². The summed E-state index contributed by atoms with van der Waals surface area (Å²) < 4.78 is 10.5. The Morgan fingerprint density at radius 2 is 1.96 bits per heavy atom. The van der Waals surface area contributed by atoms with E-state index in [-0.39, 0.29) is 30.3 Å². The zero-order valence-corrected chi connectivity index (χ0v) is 15.4. The van der Waals surface area contributed by atoms with Crippen LogP contribution in [0.25, 0.3) is 0 Å². The van der Waals surface area contributed by atoms with Gasteiger partial charge in [-0.05, 0) is 49.5 Å². The maximum absolute atomic E-state index is 12.4. The molecule has 4 N–H and O–H groups in total. The van der Waals surface area contributed by atoms with Crippen LogP contribution in [0.2, 0.25) is 0 Å². The summed E-state index contributed by atoms with van der Waals surface area (Å²) >= 11 is 0. The SMILES string of the molecule is COc1cc(C(=O)NCC2(C)CCNCC2)ccc1OCC(N)=O.Cl. The minimum Gasteiger partial charge on any atom is -0.493 e. The molecule has 2 rings (SSSR count). The third-order valence-electron chi connectivity index (χ3n) is 4.28. The first-order valence-electron chi connectivity index (χ1n) is 8.02. The molecule has 1 aromatic carbocycles. The Bertz CT molecular complexity index is 604. The normalized spacial score (nSPS) is 15.6. The quantitative estimate of drug-likeness (QED) is 0.666. The second kappa shape index (κ2) is 9.48. The van der Waals surface area contributed by atoms with Crippen LogP contribution in [0.3, 0.4) is 0 Å². The van der Waals surface area contributed by atoms with Gasteiger partial charge in [0.1, 0.15) is 0 Å². The number of hydrogen-bond acceptors (Lipinski definition) is 5. The molecule has 25 heavy (non-hydrogen) atoms. The Hall–Kier alpha value is -1.99. The predicted octanol–water partition coefficient (Wildman–Crippen LogP) is 1.10. The lowest BCUT2D eigenvalue weighted by Gasteiger charge is -2.34. The molecule has 8 heteroatoms. The van der Waals surface area contributed by atoms with Gasteiger partial charge in [-0.15, -0.1) is 12.4 Å². The van der Waals surface area contributed by atoms with Gasteiger partial charge < -0.3 is 25.8 Å². The van der Waals surface area contributed by atoms with Crippen molar-refractivity contribution < 1.29 is 19.1 Å². The number of rotatable bonds is 7. The smallest absolute Gasteiger partial charge is 0.255 e. The molecule has 1 heterocycles. The number of carbonyl (C=O) groups is 2. The summed E-state index contributed by atoms with van der Waals surface area (Å²) in [6, 6.07) is 4.83. The van der Waals surface area contributed by atoms with Gasteiger partial charge in [0.25, 0.3) is 11.8 Å². The van der Waals surface area contributed by atoms with Crippen molar-refractivity contribution in [2.75, 3.05) is 33.4 Å². The Labute approximate surface area is 154 Å². The van der Waals surface area contributed by atoms with E-state index in [1.54, 1.807) is 18.2 Å². The van der Waals surface area contributed by atoms with Gasteiger partial charge in [-0.1, -0.05) is 6.92 Å². The molecule has 0 unspecified atom stereocenters. The maximum Gasteiger partial charge on any atom is 0.255 e. The first kappa shape index (κ1) is 21.1. The van der Waals surface area contributed by atoms with E-state index in [4.69, 9.17) is 15.2 Å². The fourth-order valence-electron chi connectivity index (χ4n) is 2.68. The number of piperidine rings is 1. The number of hydrogen-bond donors (Lipinski definition) is 3. The van der Waals surface area contributed by atoms with Gasteiger partial charge in [-0.2, -0.15) is 0 Å². The van der Waals surface area contributed by atoms with Gasteiger partial charge in [-0.25, -0.2) is 0 Å². The highest BCUT2D eigenvalue weighted by atomic mass is 35.5. The average molecular weight is 372 g/mol. The van der Waals surface area contributed by atoms with Crippen LogP contribution in [0.4, 0.5) is 0 Å². The highest BCUT2D eigenvalue weighted by Crippen LogP contribution is 2.29. The summed E-state index contributed by atoms with van der Waals surface area (Å²) in [5.74, 6) is 0.0266. The fourth-order valence-corrected chi connectivity index (χ4v) is 2.68. The molecule has 0 aliphatic carbocycles. The molecule has 0 bridgehead atoms. The number of methoxy groups -OCH3 is 1. The summed E-state index contributed by atoms with van der Waals surface area (Å²) in [5.41, 5.74) is 5.66. The Balaban J connectivity index is 0.00000312. The fraction of sp³-hybridized carbons (Fsp3) is 0.529. The molecule has 2 amide bonds. The van der Waals surface area contributed by atoms with Gasteiger partial charge in [0.15, 0.2) is 18.1 Å². The molecule has 0 spiro atoms. The third kappa shape index (κ3) is 6.10. The summed E-state index contributed by atoms with van der Waals surface area (Å²) in [6.45, 7) is 4.54. The van der Waals surface area contributed by atoms with E-state index in [0.29, 0.717) is 23.6 Å². The highest BCUT2D eigenvalue weighted by molar-refractivity contribution is 5.94. The van der Waals surface area contributed by atoms with E-state index in [1.807, 2.05) is 0 Å². The number of carbonyl (C=O) groups excluding carboxylic acids is 2. The third-order valence-corrected chi connectivity index (χ3v) is 4.28. The Morgan fingerprint density at radius 3 is 2.56 bits per heavy atom. The lowest BCUT2D eigenvalue weighted by atomic mass is 9.81. The number of primary amides is 1. The van der Waals surface area contributed by atoms with E-state index in [1.165, 1.54) is 7.11 Å². The number of amides is 2. The van der Waals surface area contributed by atoms with Crippen molar-refractivity contribution in [3.05, 3.63) is 23.8 Å². The lowest BCUT2D eigenvalue weighted by molar-refractivity contribution is -0.119. The van der Waals surface area contributed by atoms with Crippen LogP contribution < -0.4 is 25.8 Å². The first-order chi connectivity index (χ1) is 11.4. The lowest BCUT2D eigenvalue weighted by Crippen LogP contribution is -2.42. The number of halogens is 1. The summed E-state index contributed by atoms with van der Waals surface area (Å²) in [5, 5.41) is 6.32. The van der Waals surface area contributed by atoms with Crippen molar-refractivity contribution in [1.82, 2.24) is 10.6 Å². The number of nitrogens with two attached hydrogens (primary N) is 1. The topological polar surface area (TPSA) is 103 Å². The molecule has 0 atom stereocenters. The standard InChI is InChI=1S/C17H25N3O4.ClH/c1-17(5-7-19-8-6-17)11-20-16(22)12-3-4-13(14(9-12)23-2)24-10-15(18)21;/h3-4,9,19H,5-8,10-11H2,1-2H3,(H2,18,21)(H,20,22);1H. The van der Waals surface area contributed by atoms with Crippen molar-refractivity contribution >= 4 is 24.2 Å². The van der Waals surface area contributed by atoms with Gasteiger partial charge in [0.05, 0.1) is 7.11 Å². The molecule has 0 saturated carbocycles. The van der Waals surface area contributed by atoms with Crippen molar-refractivity contribution in [1.29, 1.82) is 0 Å². The number of nitrogens with one attached hydrogen (secondary N) is 2. The molecule has 140 valence electrons. The van der Waals surface area contributed by atoms with Gasteiger partial charge in [-0.3, -0.25) is 9.59 Å². The minimum absolute atomic E-state index is 0. The summed E-state index contributed by atoms with van der Waals surface area (Å²) in [6.07, 6.45) is 2.08. The largest absolute Gasteiger partial charge is 0.493 e. The monoisotopic (exact) mass is 371 g/mol. The van der Waals surface area contributed by atoms with Gasteiger partial charge in [0.2, 0.25) is 0 Å². The van der Waals surface area contributed by atoms with Crippen molar-refractivity contribution in [3.63, 3.8) is 0 Å². The zero-order chi connectivity index (χ0) is 17.6. The first-order valence-corrected chi connectivity index (χ1v) is 8.02. The molecular weight excluding hydrogens is 346 g/mol. The molecular formula is C17H26ClN3O4. The minimum atomic E-state index is -0.575. The molecule has 1 aromatic rings. The molecule has 0 aromatic heterocycles. The average Bonchev–Trinajstić information content (AvgIpc) is 2.58. The van der Waals surface area contributed by atoms with E-state index >= 15 is 0 Å². The molecule has 1 aliphatic heterocycles. The van der Waals surface area contributed by atoms with Gasteiger partial charge >= 0.3 is 0 Å². The van der Waals surface area contributed by atoms with Crippen LogP contribution in [0.1, 0.15) is 30.1 Å². The van der Waals surface area contributed by atoms with Crippen molar-refractivity contribution in [2.24, 2.45) is 11.1 Å². The van der Waals surface area contributed by atoms with E-state index in [2.05, 4.69) is 17.6 Å². The van der Waals surface area contributed by atoms with Gasteiger partial charge in [0, 0.05) is 12.1 Å². The molecule has 0 radical (unpaired) electrons. The predicted molar refractivity (Wildman–Crippen MR) is 97.5 cm³/mol. The van der Waals surface area contributed by atoms with E-state index < -0.39 is 5.91 Å². The van der Waals surface area contributed by atoms with Crippen LogP contribution in [0.5, 0.6) is 11.5 Å². The molecule has 1 fully saturated rings. The van der Waals surface area contributed by atoms with Crippen molar-refractivity contribution in [3.8, 4) is 11.5 Å². The summed E-state index contributed by atoms with van der Waals surface area (Å²) in [7, 11) is 1.48. The Morgan fingerprint density at radius 1 is 1.28 bits per heavy atom. The molecule has 7 nitrogen and oxygen atoms in total. The van der Waals surface area contributed by atoms with Crippen LogP contribution in [0.15, 0.2) is 18.2 Å². The zero-order valence-electron chi connectivity index (χ0n) is 14.6. The Kier molecular flexibility index (Phi) is 7.99. The second-order valence-corrected chi connectivity index (χ2v) is 6.36. The molecule has 1 saturated heterocycles. The maximum atomic E-state index is 12.4. The number of benzene rings is 1. The van der Waals surface area contributed by atoms with E-state index in [0.717, 1.165) is 25.9 Å². The highest BCUT2D eigenvalue weighted by Gasteiger charge is 2.27. The van der Waals surface area contributed by atoms with Crippen LogP contribution in [0, 0.1) is 5.41 Å². The van der Waals surface area contributed by atoms with Crippen molar-refractivity contribution in [2.45, 2.75) is 19.8 Å². The molecule has 1 aliphatic rings. The second-order valence-electron chi connectivity index (χ2n) is 6.36. The summed E-state index contributed by atoms with van der Waals surface area (Å²) in [4.78, 5) is 23.2. The van der Waals surface area contributed by atoms with Crippen LogP contribution in [-0.2, 0) is 4.79 Å². The van der Waals surface area contributed by atoms with Crippen LogP contribution >= 0.6 is 12.4 Å². The van der Waals surface area contributed by atoms with Crippen LogP contribution in [-0.4, -0.2) is 45.2 Å². The number of ether oxygens (including phenoxy) is 2.